The second kappa shape index (κ2) is 24.3. The van der Waals surface area contributed by atoms with Gasteiger partial charge in [0.05, 0.1) is 53.6 Å². The average Bonchev–Trinajstić information content (AvgIpc) is 3.97. The lowest BCUT2D eigenvalue weighted by molar-refractivity contribution is -0.870. The summed E-state index contributed by atoms with van der Waals surface area (Å²) in [4.78, 5) is 39.2. The van der Waals surface area contributed by atoms with Crippen LogP contribution in [0.4, 0.5) is 0 Å². The Hall–Kier alpha value is -3.06. The van der Waals surface area contributed by atoms with Crippen LogP contribution in [-0.2, 0) is 33.3 Å². The standard InChI is InChI=1S/C50H73N7O15S4/c1-25(2)69-41-44(71-36(22-61)40(62)50(41,66)67)72-45-49-10-3-14-73-75-37(15-29-17-48(56-47(52)54-29)11-9-28(49)16-48)39-34(21-60)57-18-26(38(30(19-57)42(63)64)55-46(51)53-12-4-13-58)5-7-33(49)31(23-68-45)43(65)70-35-8-6-27(20-59)32(35)24-74-76-39/h3,5,7,10,19,23,25,27-29,32-37,39-41,44-45,58-62,66-67H,4,6,8-9,11-18,20-22,24H2,1-2H3,(H,63,64)(H3,51,53,55)(H3,52,54,56)/p+1/b7-5+,10-3+/t27-,28+,29-,32-,33+,34-,35+,36+,37+,39+,40+,41-,44-,45-,48+,49-/m0/s1. The van der Waals surface area contributed by atoms with Gasteiger partial charge in [-0.1, -0.05) is 67.5 Å². The number of nitrogens with zero attached hydrogens (tertiary/aromatic N) is 2. The van der Waals surface area contributed by atoms with Crippen molar-refractivity contribution in [2.24, 2.45) is 50.5 Å². The Bertz CT molecular complexity index is 2360. The molecule has 9 rings (SSSR count). The van der Waals surface area contributed by atoms with E-state index in [-0.39, 0.29) is 90.1 Å². The summed E-state index contributed by atoms with van der Waals surface area (Å²) in [7, 11) is 6.44. The van der Waals surface area contributed by atoms with Crippen LogP contribution >= 0.6 is 43.2 Å². The number of hydrogen-bond acceptors (Lipinski definition) is 22. The van der Waals surface area contributed by atoms with Gasteiger partial charge in [-0.05, 0) is 77.0 Å². The number of aliphatic imine (C=N–C) groups is 2. The van der Waals surface area contributed by atoms with Gasteiger partial charge >= 0.3 is 11.9 Å². The summed E-state index contributed by atoms with van der Waals surface area (Å²) in [6.07, 6.45) is 4.87. The molecule has 9 bridgehead atoms. The third-order valence-corrected chi connectivity index (χ3v) is 22.5. The summed E-state index contributed by atoms with van der Waals surface area (Å²) in [6.45, 7) is 2.20. The van der Waals surface area contributed by atoms with E-state index in [1.807, 2.05) is 18.2 Å². The molecule has 3 fully saturated rings. The number of carbonyl (C=O) groups excluding carboxylic acids is 1. The minimum absolute atomic E-state index is 0.0951. The Kier molecular flexibility index (Phi) is 18.5. The molecular formula is C50H74N7O15S4+. The van der Waals surface area contributed by atoms with Crippen molar-refractivity contribution in [3.63, 3.8) is 0 Å². The number of carboxylic acids is 1. The molecule has 7 heterocycles. The fourth-order valence-electron chi connectivity index (χ4n) is 12.9. The second-order valence-electron chi connectivity index (χ2n) is 21.6. The van der Waals surface area contributed by atoms with E-state index in [1.54, 1.807) is 69.3 Å². The molecule has 2 saturated carbocycles. The molecule has 22 nitrogen and oxygen atoms in total. The fourth-order valence-corrected chi connectivity index (χ4v) is 19.8. The molecule has 1 unspecified atom stereocenters. The highest BCUT2D eigenvalue weighted by Crippen LogP contribution is 2.59. The van der Waals surface area contributed by atoms with Crippen LogP contribution in [0, 0.1) is 29.1 Å². The number of rotatable bonds is 12. The number of nitrogens with two attached hydrogens (primary N) is 2. The van der Waals surface area contributed by atoms with E-state index in [4.69, 9.17) is 40.1 Å². The zero-order chi connectivity index (χ0) is 54.1. The maximum atomic E-state index is 15.5. The number of carbonyl (C=O) groups is 2. The minimum atomic E-state index is -3.00. The van der Waals surface area contributed by atoms with Gasteiger partial charge in [-0.15, -0.1) is 0 Å². The van der Waals surface area contributed by atoms with Crippen LogP contribution in [-0.4, -0.2) is 193 Å². The molecule has 26 heteroatoms. The number of aliphatic hydroxyl groups excluding tert-OH is 5. The Morgan fingerprint density at radius 3 is 2.66 bits per heavy atom. The number of ether oxygens (including phenoxy) is 5. The van der Waals surface area contributed by atoms with Gasteiger partial charge in [0.25, 0.3) is 0 Å². The van der Waals surface area contributed by atoms with Gasteiger partial charge in [-0.3, -0.25) is 9.89 Å². The highest BCUT2D eigenvalue weighted by Gasteiger charge is 2.63. The van der Waals surface area contributed by atoms with Crippen LogP contribution in [0.5, 0.6) is 0 Å². The molecule has 0 aromatic heterocycles. The first-order valence-electron chi connectivity index (χ1n) is 26.2. The predicted molar refractivity (Wildman–Crippen MR) is 287 cm³/mol. The summed E-state index contributed by atoms with van der Waals surface area (Å²) in [5, 5.41) is 94.2. The van der Waals surface area contributed by atoms with Crippen molar-refractivity contribution in [2.75, 3.05) is 51.0 Å². The lowest BCUT2D eigenvalue weighted by atomic mass is 9.60. The van der Waals surface area contributed by atoms with E-state index >= 15 is 4.79 Å². The van der Waals surface area contributed by atoms with Crippen molar-refractivity contribution in [1.29, 1.82) is 0 Å². The van der Waals surface area contributed by atoms with Gasteiger partial charge in [0.15, 0.2) is 24.3 Å². The number of quaternary nitrogens is 1. The first-order chi connectivity index (χ1) is 36.4. The zero-order valence-corrected chi connectivity index (χ0v) is 45.8. The van der Waals surface area contributed by atoms with Crippen molar-refractivity contribution >= 4 is 67.0 Å². The predicted octanol–water partition coefficient (Wildman–Crippen LogP) is -0.644. The maximum Gasteiger partial charge on any atom is 0.343 e. The molecule has 0 radical (unpaired) electrons. The number of allylic oxidation sites excluding steroid dienone is 1. The van der Waals surface area contributed by atoms with E-state index < -0.39 is 96.3 Å². The van der Waals surface area contributed by atoms with Crippen molar-refractivity contribution in [1.82, 2.24) is 10.6 Å². The molecule has 1 saturated heterocycles. The van der Waals surface area contributed by atoms with Gasteiger partial charge in [0.2, 0.25) is 12.1 Å². The van der Waals surface area contributed by atoms with Gasteiger partial charge in [0.1, 0.15) is 42.7 Å². The lowest BCUT2D eigenvalue weighted by Gasteiger charge is -2.53. The summed E-state index contributed by atoms with van der Waals surface area (Å²) < 4.78 is 32.7. The second-order valence-corrected chi connectivity index (χ2v) is 26.8. The molecule has 7 aliphatic heterocycles. The van der Waals surface area contributed by atoms with Crippen molar-refractivity contribution in [3.05, 3.63) is 59.2 Å². The van der Waals surface area contributed by atoms with Crippen molar-refractivity contribution in [3.8, 4) is 0 Å². The molecule has 17 atom stereocenters. The minimum Gasteiger partial charge on any atom is -0.477 e. The maximum absolute atomic E-state index is 15.5. The third-order valence-electron chi connectivity index (χ3n) is 16.5. The van der Waals surface area contributed by atoms with Gasteiger partial charge in [-0.25, -0.2) is 14.6 Å². The van der Waals surface area contributed by atoms with E-state index in [0.29, 0.717) is 73.3 Å². The van der Waals surface area contributed by atoms with Gasteiger partial charge < -0.3 is 86.6 Å². The topological polar surface area (TPSA) is 347 Å². The normalized spacial score (nSPS) is 41.3. The van der Waals surface area contributed by atoms with Crippen LogP contribution in [0.2, 0.25) is 0 Å². The lowest BCUT2D eigenvalue weighted by Crippen LogP contribution is -3.14. The zero-order valence-electron chi connectivity index (χ0n) is 42.6. The van der Waals surface area contributed by atoms with E-state index in [9.17, 15) is 45.6 Å². The van der Waals surface area contributed by atoms with Crippen LogP contribution in [0.15, 0.2) is 69.2 Å². The molecule has 2 aliphatic carbocycles. The summed E-state index contributed by atoms with van der Waals surface area (Å²) in [6, 6.07) is -0.880. The summed E-state index contributed by atoms with van der Waals surface area (Å²) in [5.74, 6) is -5.78. The number of aliphatic hydroxyl groups is 7. The molecule has 9 aliphatic rings. The third kappa shape index (κ3) is 11.6. The molecule has 0 aromatic rings. The Morgan fingerprint density at radius 1 is 1.11 bits per heavy atom. The highest BCUT2D eigenvalue weighted by molar-refractivity contribution is 8.78. The van der Waals surface area contributed by atoms with Crippen LogP contribution in [0.1, 0.15) is 65.2 Å². The van der Waals surface area contributed by atoms with E-state index in [2.05, 4.69) is 15.6 Å². The number of fused-ring (bicyclic) bond motifs is 9. The molecule has 0 amide bonds. The van der Waals surface area contributed by atoms with Crippen LogP contribution in [0.3, 0.4) is 0 Å². The smallest absolute Gasteiger partial charge is 0.343 e. The van der Waals surface area contributed by atoms with E-state index in [1.165, 1.54) is 6.26 Å². The van der Waals surface area contributed by atoms with Gasteiger partial charge in [0, 0.05) is 59.5 Å². The number of aliphatic carboxylic acids is 1. The fraction of sp³-hybridized carbons (Fsp3) is 0.720. The Morgan fingerprint density at radius 2 is 1.92 bits per heavy atom. The Balaban J connectivity index is 1.33. The monoisotopic (exact) mass is 1140 g/mol. The summed E-state index contributed by atoms with van der Waals surface area (Å²) in [5.41, 5.74) is 11.7. The molecule has 76 heavy (non-hydrogen) atoms. The first-order valence-corrected chi connectivity index (χ1v) is 31.0. The number of nitrogens with one attached hydrogen (secondary N) is 3. The van der Waals surface area contributed by atoms with Crippen LogP contribution in [0.25, 0.3) is 0 Å². The molecule has 15 N–H and O–H groups in total. The van der Waals surface area contributed by atoms with Gasteiger partial charge in [-0.2, -0.15) is 0 Å². The first kappa shape index (κ1) is 57.6. The van der Waals surface area contributed by atoms with Crippen molar-refractivity contribution < 1.29 is 79.0 Å². The molecule has 0 aromatic carbocycles. The molecule has 2 spiro atoms. The summed E-state index contributed by atoms with van der Waals surface area (Å²) >= 11 is 0. The number of carboxylic acid groups (broad SMARTS) is 1. The number of guanidine groups is 2. The quantitative estimate of drug-likeness (QED) is 0.0220. The van der Waals surface area contributed by atoms with Crippen molar-refractivity contribution in [2.45, 2.75) is 142 Å². The highest BCUT2D eigenvalue weighted by atomic mass is 33.1. The number of hydrogen-bond donors (Lipinski definition) is 13. The van der Waals surface area contributed by atoms with Crippen LogP contribution < -0.4 is 27.0 Å². The largest absolute Gasteiger partial charge is 0.477 e. The molecule has 422 valence electrons. The Labute approximate surface area is 457 Å². The molecular weight excluding hydrogens is 1070 g/mol. The number of esters is 1. The SMILES string of the molecule is CC(C)O[C@H]1[C@H](O[C@@H]2OC=C3C(=O)O[C@@H]4CC[C@@H](CO)[C@@H]4CSS[C@H]4[C@H]5C[C@H]6C[C@]7(CC[C@H](C7)[C@@]2(/C=C/CSS5)[C@@H]3/C=C/C2=C(NC(N)=NCCCO)C(C(=O)O)=C[NH+](C2)[C@H]4CO)NC(N)=N6)O[C@H](CO)[C@@H](O)C1(O)O. The van der Waals surface area contributed by atoms with E-state index in [0.717, 1.165) is 0 Å². The average molecular weight is 1140 g/mol.